The van der Waals surface area contributed by atoms with Gasteiger partial charge in [0.1, 0.15) is 5.82 Å². The highest BCUT2D eigenvalue weighted by Gasteiger charge is 2.15. The van der Waals surface area contributed by atoms with Crippen LogP contribution in [0, 0.1) is 11.8 Å². The number of imidazole rings is 1. The lowest BCUT2D eigenvalue weighted by Gasteiger charge is -2.05. The molecule has 0 spiro atoms. The number of halogens is 2. The van der Waals surface area contributed by atoms with Crippen molar-refractivity contribution in [1.29, 1.82) is 0 Å². The van der Waals surface area contributed by atoms with Crippen LogP contribution in [0.5, 0.6) is 0 Å². The molecule has 2 aromatic heterocycles. The fraction of sp³-hybridized carbons (Fsp3) is 0.182. The van der Waals surface area contributed by atoms with Gasteiger partial charge >= 0.3 is 0 Å². The fourth-order valence-corrected chi connectivity index (χ4v) is 1.42. The summed E-state index contributed by atoms with van der Waals surface area (Å²) in [6, 6.07) is 1.13. The van der Waals surface area contributed by atoms with Gasteiger partial charge in [-0.3, -0.25) is 4.79 Å². The number of aromatic amines is 1. The Morgan fingerprint density at radius 3 is 2.89 bits per heavy atom. The van der Waals surface area contributed by atoms with Crippen LogP contribution in [-0.2, 0) is 6.42 Å². The number of nitrogens with zero attached hydrogens (tertiary/aromatic N) is 2. The van der Waals surface area contributed by atoms with Crippen LogP contribution in [0.4, 0.5) is 8.78 Å². The SMILES string of the molecule is O=C(NCCc1ncc[nH]1)c1ccnc(F)c1F. The average Bonchev–Trinajstić information content (AvgIpc) is 2.85. The van der Waals surface area contributed by atoms with E-state index in [1.165, 1.54) is 0 Å². The Kier molecular flexibility index (Phi) is 3.61. The molecule has 2 rings (SSSR count). The highest BCUT2D eigenvalue weighted by molar-refractivity contribution is 5.94. The zero-order chi connectivity index (χ0) is 13.0. The van der Waals surface area contributed by atoms with E-state index < -0.39 is 17.7 Å². The van der Waals surface area contributed by atoms with E-state index in [0.29, 0.717) is 12.2 Å². The third-order valence-electron chi connectivity index (χ3n) is 2.29. The maximum atomic E-state index is 13.2. The first-order valence-electron chi connectivity index (χ1n) is 5.25. The minimum atomic E-state index is -1.28. The molecule has 1 amide bonds. The summed E-state index contributed by atoms with van der Waals surface area (Å²) in [5, 5.41) is 2.47. The second kappa shape index (κ2) is 5.35. The van der Waals surface area contributed by atoms with Gasteiger partial charge in [0.05, 0.1) is 5.56 Å². The van der Waals surface area contributed by atoms with Crippen molar-refractivity contribution >= 4 is 5.91 Å². The maximum absolute atomic E-state index is 13.2. The summed E-state index contributed by atoms with van der Waals surface area (Å²) in [6.07, 6.45) is 4.78. The van der Waals surface area contributed by atoms with Crippen molar-refractivity contribution in [3.05, 3.63) is 47.8 Å². The molecule has 2 N–H and O–H groups in total. The van der Waals surface area contributed by atoms with Gasteiger partial charge in [0.2, 0.25) is 5.95 Å². The largest absolute Gasteiger partial charge is 0.351 e. The molecule has 0 bridgehead atoms. The molecule has 0 fully saturated rings. The molecule has 7 heteroatoms. The van der Waals surface area contributed by atoms with Gasteiger partial charge in [-0.2, -0.15) is 4.39 Å². The van der Waals surface area contributed by atoms with Crippen molar-refractivity contribution in [2.24, 2.45) is 0 Å². The highest BCUT2D eigenvalue weighted by Crippen LogP contribution is 2.08. The Bertz CT molecular complexity index is 542. The molecular formula is C11H10F2N4O. The van der Waals surface area contributed by atoms with Gasteiger partial charge in [0.15, 0.2) is 5.82 Å². The summed E-state index contributed by atoms with van der Waals surface area (Å²) in [6.45, 7) is 0.274. The lowest BCUT2D eigenvalue weighted by molar-refractivity contribution is 0.0948. The summed E-state index contributed by atoms with van der Waals surface area (Å²) in [4.78, 5) is 21.5. The zero-order valence-corrected chi connectivity index (χ0v) is 9.28. The van der Waals surface area contributed by atoms with Crippen LogP contribution < -0.4 is 5.32 Å². The van der Waals surface area contributed by atoms with Crippen molar-refractivity contribution in [2.75, 3.05) is 6.54 Å². The first kappa shape index (κ1) is 12.2. The second-order valence-electron chi connectivity index (χ2n) is 3.51. The van der Waals surface area contributed by atoms with Crippen LogP contribution in [0.25, 0.3) is 0 Å². The third kappa shape index (κ3) is 2.68. The van der Waals surface area contributed by atoms with Crippen LogP contribution >= 0.6 is 0 Å². The molecule has 0 aromatic carbocycles. The quantitative estimate of drug-likeness (QED) is 0.799. The van der Waals surface area contributed by atoms with Crippen molar-refractivity contribution < 1.29 is 13.6 Å². The van der Waals surface area contributed by atoms with Gasteiger partial charge < -0.3 is 10.3 Å². The number of H-pyrrole nitrogens is 1. The topological polar surface area (TPSA) is 70.7 Å². The number of hydrogen-bond acceptors (Lipinski definition) is 3. The Labute approximate surface area is 101 Å². The molecule has 0 unspecified atom stereocenters. The molecule has 5 nitrogen and oxygen atoms in total. The van der Waals surface area contributed by atoms with E-state index in [2.05, 4.69) is 20.3 Å². The summed E-state index contributed by atoms with van der Waals surface area (Å²) in [7, 11) is 0. The van der Waals surface area contributed by atoms with Crippen molar-refractivity contribution in [1.82, 2.24) is 20.3 Å². The molecule has 2 aromatic rings. The molecule has 0 aliphatic heterocycles. The molecule has 94 valence electrons. The maximum Gasteiger partial charge on any atom is 0.254 e. The van der Waals surface area contributed by atoms with E-state index in [9.17, 15) is 13.6 Å². The number of pyridine rings is 1. The predicted molar refractivity (Wildman–Crippen MR) is 58.8 cm³/mol. The number of amides is 1. The van der Waals surface area contributed by atoms with Gasteiger partial charge in [-0.1, -0.05) is 0 Å². The van der Waals surface area contributed by atoms with Gasteiger partial charge in [-0.05, 0) is 6.07 Å². The van der Waals surface area contributed by atoms with Gasteiger partial charge in [0.25, 0.3) is 5.91 Å². The first-order valence-corrected chi connectivity index (χ1v) is 5.25. The molecule has 18 heavy (non-hydrogen) atoms. The zero-order valence-electron chi connectivity index (χ0n) is 9.28. The lowest BCUT2D eigenvalue weighted by Crippen LogP contribution is -2.27. The molecule has 0 saturated heterocycles. The van der Waals surface area contributed by atoms with E-state index in [1.807, 2.05) is 0 Å². The predicted octanol–water partition coefficient (Wildman–Crippen LogP) is 1.06. The molecule has 0 aliphatic carbocycles. The van der Waals surface area contributed by atoms with Gasteiger partial charge in [-0.25, -0.2) is 14.4 Å². The molecular weight excluding hydrogens is 242 g/mol. The van der Waals surface area contributed by atoms with Gasteiger partial charge in [-0.15, -0.1) is 0 Å². The normalized spacial score (nSPS) is 10.3. The van der Waals surface area contributed by atoms with E-state index >= 15 is 0 Å². The van der Waals surface area contributed by atoms with Crippen LogP contribution in [0.2, 0.25) is 0 Å². The van der Waals surface area contributed by atoms with E-state index in [1.54, 1.807) is 12.4 Å². The smallest absolute Gasteiger partial charge is 0.254 e. The molecule has 2 heterocycles. The molecule has 0 saturated carbocycles. The van der Waals surface area contributed by atoms with E-state index in [4.69, 9.17) is 0 Å². The number of nitrogens with one attached hydrogen (secondary N) is 2. The standard InChI is InChI=1S/C11H10F2N4O/c12-9-7(1-3-16-10(9)13)11(18)17-4-2-8-14-5-6-15-8/h1,3,5-6H,2,4H2,(H,14,15)(H,17,18). The van der Waals surface area contributed by atoms with Crippen LogP contribution in [0.15, 0.2) is 24.7 Å². The summed E-state index contributed by atoms with van der Waals surface area (Å²) < 4.78 is 26.0. The lowest BCUT2D eigenvalue weighted by atomic mass is 10.2. The summed E-state index contributed by atoms with van der Waals surface area (Å²) >= 11 is 0. The number of rotatable bonds is 4. The summed E-state index contributed by atoms with van der Waals surface area (Å²) in [5.41, 5.74) is -0.359. The monoisotopic (exact) mass is 252 g/mol. The fourth-order valence-electron chi connectivity index (χ4n) is 1.42. The first-order chi connectivity index (χ1) is 8.68. The number of hydrogen-bond donors (Lipinski definition) is 2. The highest BCUT2D eigenvalue weighted by atomic mass is 19.2. The second-order valence-corrected chi connectivity index (χ2v) is 3.51. The van der Waals surface area contributed by atoms with Gasteiger partial charge in [0, 0.05) is 31.6 Å². The molecule has 0 radical (unpaired) electrons. The van der Waals surface area contributed by atoms with Crippen LogP contribution in [-0.4, -0.2) is 27.4 Å². The van der Waals surface area contributed by atoms with E-state index in [0.717, 1.165) is 12.3 Å². The summed E-state index contributed by atoms with van der Waals surface area (Å²) in [5.74, 6) is -2.50. The molecule has 0 atom stereocenters. The Morgan fingerprint density at radius 2 is 2.17 bits per heavy atom. The Morgan fingerprint density at radius 1 is 1.33 bits per heavy atom. The Balaban J connectivity index is 1.93. The third-order valence-corrected chi connectivity index (χ3v) is 2.29. The van der Waals surface area contributed by atoms with E-state index in [-0.39, 0.29) is 12.1 Å². The van der Waals surface area contributed by atoms with Crippen molar-refractivity contribution in [3.63, 3.8) is 0 Å². The van der Waals surface area contributed by atoms with Crippen LogP contribution in [0.3, 0.4) is 0 Å². The number of carbonyl (C=O) groups is 1. The number of aromatic nitrogens is 3. The number of carbonyl (C=O) groups excluding carboxylic acids is 1. The van der Waals surface area contributed by atoms with Crippen molar-refractivity contribution in [2.45, 2.75) is 6.42 Å². The molecule has 0 aliphatic rings. The van der Waals surface area contributed by atoms with Crippen molar-refractivity contribution in [3.8, 4) is 0 Å². The minimum absolute atomic E-state index is 0.274. The van der Waals surface area contributed by atoms with Crippen LogP contribution in [0.1, 0.15) is 16.2 Å². The average molecular weight is 252 g/mol. The Hall–Kier alpha value is -2.31. The minimum Gasteiger partial charge on any atom is -0.351 e.